The minimum Gasteiger partial charge on any atom is -0.394 e. The van der Waals surface area contributed by atoms with E-state index in [1.54, 1.807) is 0 Å². The Kier molecular flexibility index (Phi) is 4.50. The summed E-state index contributed by atoms with van der Waals surface area (Å²) in [6.07, 6.45) is -0.882. The van der Waals surface area contributed by atoms with E-state index in [2.05, 4.69) is 0 Å². The van der Waals surface area contributed by atoms with Gasteiger partial charge in [-0.15, -0.1) is 0 Å². The molecule has 1 fully saturated rings. The molecule has 2 N–H and O–H groups in total. The number of hydrogen-bond donors (Lipinski definition) is 2. The molecule has 0 amide bonds. The van der Waals surface area contributed by atoms with Gasteiger partial charge in [-0.3, -0.25) is 0 Å². The van der Waals surface area contributed by atoms with Crippen LogP contribution in [0.25, 0.3) is 0 Å². The maximum atomic E-state index is 9.90. The van der Waals surface area contributed by atoms with Crippen molar-refractivity contribution in [2.75, 3.05) is 13.2 Å². The van der Waals surface area contributed by atoms with E-state index in [1.165, 1.54) is 0 Å². The van der Waals surface area contributed by atoms with Gasteiger partial charge in [0.15, 0.2) is 0 Å². The molecule has 4 nitrogen and oxygen atoms in total. The summed E-state index contributed by atoms with van der Waals surface area (Å²) < 4.78 is 10.9. The lowest BCUT2D eigenvalue weighted by atomic mass is 10.0. The van der Waals surface area contributed by atoms with Crippen molar-refractivity contribution in [1.82, 2.24) is 0 Å². The Bertz CT molecular complexity index is 327. The fraction of sp³-hybridized carbons (Fsp3) is 0.538. The Morgan fingerprint density at radius 3 is 2.76 bits per heavy atom. The van der Waals surface area contributed by atoms with Gasteiger partial charge < -0.3 is 19.7 Å². The summed E-state index contributed by atoms with van der Waals surface area (Å²) in [6.45, 7) is 0.814. The molecule has 1 aromatic carbocycles. The molecule has 1 aliphatic rings. The number of rotatable bonds is 4. The first-order valence-corrected chi connectivity index (χ1v) is 5.87. The number of ether oxygens (including phenoxy) is 2. The molecule has 4 heteroatoms. The minimum atomic E-state index is -0.752. The SMILES string of the molecule is OC[C@H]1OCC[C@H](OCc2ccccc2)[C@@H]1O. The number of hydrogen-bond acceptors (Lipinski definition) is 4. The first-order valence-electron chi connectivity index (χ1n) is 5.87. The van der Waals surface area contributed by atoms with E-state index >= 15 is 0 Å². The van der Waals surface area contributed by atoms with Crippen LogP contribution in [0.1, 0.15) is 12.0 Å². The van der Waals surface area contributed by atoms with E-state index in [-0.39, 0.29) is 12.7 Å². The van der Waals surface area contributed by atoms with Gasteiger partial charge in [0, 0.05) is 6.61 Å². The van der Waals surface area contributed by atoms with Crippen LogP contribution in [-0.2, 0) is 16.1 Å². The molecule has 1 saturated heterocycles. The van der Waals surface area contributed by atoms with Crippen molar-refractivity contribution in [2.24, 2.45) is 0 Å². The second-order valence-electron chi connectivity index (χ2n) is 4.21. The van der Waals surface area contributed by atoms with Crippen LogP contribution in [0.3, 0.4) is 0 Å². The zero-order valence-corrected chi connectivity index (χ0v) is 9.66. The van der Waals surface area contributed by atoms with Crippen LogP contribution in [-0.4, -0.2) is 41.7 Å². The lowest BCUT2D eigenvalue weighted by Gasteiger charge is -2.33. The molecule has 1 aromatic rings. The summed E-state index contributed by atoms with van der Waals surface area (Å²) in [4.78, 5) is 0. The summed E-state index contributed by atoms with van der Waals surface area (Å²) in [7, 11) is 0. The quantitative estimate of drug-likeness (QED) is 0.811. The second-order valence-corrected chi connectivity index (χ2v) is 4.21. The first-order chi connectivity index (χ1) is 8.31. The van der Waals surface area contributed by atoms with Crippen LogP contribution in [0, 0.1) is 0 Å². The molecule has 0 unspecified atom stereocenters. The van der Waals surface area contributed by atoms with Crippen molar-refractivity contribution < 1.29 is 19.7 Å². The van der Waals surface area contributed by atoms with E-state index in [0.29, 0.717) is 19.6 Å². The lowest BCUT2D eigenvalue weighted by molar-refractivity contribution is -0.168. The Morgan fingerprint density at radius 1 is 1.29 bits per heavy atom. The first kappa shape index (κ1) is 12.5. The molecule has 0 aliphatic carbocycles. The summed E-state index contributed by atoms with van der Waals surface area (Å²) in [5, 5.41) is 18.9. The predicted molar refractivity (Wildman–Crippen MR) is 62.5 cm³/mol. The maximum absolute atomic E-state index is 9.90. The van der Waals surface area contributed by atoms with Crippen molar-refractivity contribution in [2.45, 2.75) is 31.3 Å². The number of aliphatic hydroxyl groups is 2. The molecule has 0 saturated carbocycles. The molecule has 3 atom stereocenters. The molecule has 2 rings (SSSR count). The average Bonchev–Trinajstić information content (AvgIpc) is 2.39. The van der Waals surface area contributed by atoms with Gasteiger partial charge in [-0.1, -0.05) is 30.3 Å². The Hall–Kier alpha value is -0.940. The number of benzene rings is 1. The molecule has 94 valence electrons. The molecule has 0 spiro atoms. The van der Waals surface area contributed by atoms with Crippen molar-refractivity contribution in [3.05, 3.63) is 35.9 Å². The fourth-order valence-corrected chi connectivity index (χ4v) is 1.96. The van der Waals surface area contributed by atoms with Gasteiger partial charge in [0.25, 0.3) is 0 Å². The van der Waals surface area contributed by atoms with Crippen LogP contribution in [0.5, 0.6) is 0 Å². The molecule has 0 aromatic heterocycles. The van der Waals surface area contributed by atoms with Crippen LogP contribution in [0.15, 0.2) is 30.3 Å². The van der Waals surface area contributed by atoms with Crippen LogP contribution >= 0.6 is 0 Å². The Labute approximate surface area is 101 Å². The van der Waals surface area contributed by atoms with Gasteiger partial charge in [0.2, 0.25) is 0 Å². The van der Waals surface area contributed by atoms with Crippen LogP contribution in [0.4, 0.5) is 0 Å². The number of aliphatic hydroxyl groups excluding tert-OH is 2. The summed E-state index contributed by atoms with van der Waals surface area (Å²) in [6, 6.07) is 9.82. The smallest absolute Gasteiger partial charge is 0.109 e. The fourth-order valence-electron chi connectivity index (χ4n) is 1.96. The molecule has 0 bridgehead atoms. The Morgan fingerprint density at radius 2 is 2.06 bits per heavy atom. The van der Waals surface area contributed by atoms with E-state index in [0.717, 1.165) is 5.56 Å². The van der Waals surface area contributed by atoms with Crippen molar-refractivity contribution in [3.63, 3.8) is 0 Å². The summed E-state index contributed by atoms with van der Waals surface area (Å²) in [5.41, 5.74) is 1.08. The highest BCUT2D eigenvalue weighted by atomic mass is 16.5. The second kappa shape index (κ2) is 6.12. The third-order valence-corrected chi connectivity index (χ3v) is 2.98. The van der Waals surface area contributed by atoms with E-state index in [4.69, 9.17) is 14.6 Å². The highest BCUT2D eigenvalue weighted by Gasteiger charge is 2.32. The van der Waals surface area contributed by atoms with Gasteiger partial charge in [-0.25, -0.2) is 0 Å². The van der Waals surface area contributed by atoms with Gasteiger partial charge in [-0.2, -0.15) is 0 Å². The highest BCUT2D eigenvalue weighted by molar-refractivity contribution is 5.13. The topological polar surface area (TPSA) is 58.9 Å². The zero-order valence-electron chi connectivity index (χ0n) is 9.66. The van der Waals surface area contributed by atoms with E-state index in [9.17, 15) is 5.11 Å². The standard InChI is InChI=1S/C13H18O4/c14-8-12-13(15)11(6-7-16-12)17-9-10-4-2-1-3-5-10/h1-5,11-15H,6-9H2/t11-,12+,13-/m0/s1. The van der Waals surface area contributed by atoms with Gasteiger partial charge >= 0.3 is 0 Å². The molecule has 0 radical (unpaired) electrons. The molecular formula is C13H18O4. The van der Waals surface area contributed by atoms with Crippen molar-refractivity contribution in [3.8, 4) is 0 Å². The monoisotopic (exact) mass is 238 g/mol. The molecule has 17 heavy (non-hydrogen) atoms. The van der Waals surface area contributed by atoms with Crippen molar-refractivity contribution in [1.29, 1.82) is 0 Å². The highest BCUT2D eigenvalue weighted by Crippen LogP contribution is 2.18. The van der Waals surface area contributed by atoms with E-state index < -0.39 is 12.2 Å². The maximum Gasteiger partial charge on any atom is 0.109 e. The molecule has 1 aliphatic heterocycles. The Balaban J connectivity index is 1.86. The summed E-state index contributed by atoms with van der Waals surface area (Å²) in [5.74, 6) is 0. The van der Waals surface area contributed by atoms with E-state index in [1.807, 2.05) is 30.3 Å². The average molecular weight is 238 g/mol. The lowest BCUT2D eigenvalue weighted by Crippen LogP contribution is -2.47. The molecular weight excluding hydrogens is 220 g/mol. The van der Waals surface area contributed by atoms with Gasteiger partial charge in [0.05, 0.1) is 19.3 Å². The van der Waals surface area contributed by atoms with Crippen LogP contribution < -0.4 is 0 Å². The largest absolute Gasteiger partial charge is 0.394 e. The third kappa shape index (κ3) is 3.26. The minimum absolute atomic E-state index is 0.174. The normalized spacial score (nSPS) is 29.2. The van der Waals surface area contributed by atoms with Crippen molar-refractivity contribution >= 4 is 0 Å². The molecule has 1 heterocycles. The summed E-state index contributed by atoms with van der Waals surface area (Å²) >= 11 is 0. The third-order valence-electron chi connectivity index (χ3n) is 2.98. The zero-order chi connectivity index (χ0) is 12.1. The van der Waals surface area contributed by atoms with Gasteiger partial charge in [-0.05, 0) is 12.0 Å². The van der Waals surface area contributed by atoms with Gasteiger partial charge in [0.1, 0.15) is 12.2 Å². The van der Waals surface area contributed by atoms with Crippen LogP contribution in [0.2, 0.25) is 0 Å². The predicted octanol–water partition coefficient (Wildman–Crippen LogP) is 0.714.